The maximum absolute atomic E-state index is 10.9. The van der Waals surface area contributed by atoms with Crippen LogP contribution in [-0.2, 0) is 16.1 Å². The Morgan fingerprint density at radius 2 is 2.08 bits per heavy atom. The van der Waals surface area contributed by atoms with Gasteiger partial charge in [-0.2, -0.15) is 0 Å². The van der Waals surface area contributed by atoms with Gasteiger partial charge in [0.05, 0.1) is 6.42 Å². The summed E-state index contributed by atoms with van der Waals surface area (Å²) < 4.78 is 4.97. The van der Waals surface area contributed by atoms with Crippen molar-refractivity contribution in [1.29, 1.82) is 0 Å². The maximum Gasteiger partial charge on any atom is 0.310 e. The summed E-state index contributed by atoms with van der Waals surface area (Å²) in [5.41, 5.74) is 1.01. The molecule has 0 unspecified atom stereocenters. The Morgan fingerprint density at radius 1 is 1.38 bits per heavy atom. The van der Waals surface area contributed by atoms with Gasteiger partial charge in [0, 0.05) is 0 Å². The highest BCUT2D eigenvalue weighted by molar-refractivity contribution is 5.78. The first-order chi connectivity index (χ1) is 6.33. The Kier molecular flexibility index (Phi) is 4.03. The highest BCUT2D eigenvalue weighted by Crippen LogP contribution is 2.01. The van der Waals surface area contributed by atoms with Crippen molar-refractivity contribution in [3.8, 4) is 0 Å². The van der Waals surface area contributed by atoms with Gasteiger partial charge >= 0.3 is 5.97 Å². The van der Waals surface area contributed by atoms with Crippen molar-refractivity contribution in [3.63, 3.8) is 0 Å². The summed E-state index contributed by atoms with van der Waals surface area (Å²) in [7, 11) is 0. The van der Waals surface area contributed by atoms with Crippen LogP contribution in [0.1, 0.15) is 18.9 Å². The third-order valence-electron chi connectivity index (χ3n) is 1.59. The van der Waals surface area contributed by atoms with Crippen LogP contribution in [0.5, 0.6) is 0 Å². The molecule has 0 aliphatic heterocycles. The number of esters is 1. The number of ether oxygens (including phenoxy) is 1. The molecule has 69 valence electrons. The fraction of sp³-hybridized carbons (Fsp3) is 0.273. The Hall–Kier alpha value is -1.31. The van der Waals surface area contributed by atoms with E-state index in [9.17, 15) is 4.79 Å². The highest BCUT2D eigenvalue weighted by Gasteiger charge is 2.00. The summed E-state index contributed by atoms with van der Waals surface area (Å²) in [6.45, 7) is 2.26. The van der Waals surface area contributed by atoms with Gasteiger partial charge in [0.2, 0.25) is 0 Å². The predicted molar refractivity (Wildman–Crippen MR) is 50.8 cm³/mol. The third-order valence-corrected chi connectivity index (χ3v) is 1.59. The first kappa shape index (κ1) is 9.78. The van der Waals surface area contributed by atoms with Crippen LogP contribution in [0.15, 0.2) is 30.3 Å². The molecule has 0 spiro atoms. The molecule has 0 aromatic heterocycles. The summed E-state index contributed by atoms with van der Waals surface area (Å²) in [4.78, 5) is 10.9. The molecule has 1 radical (unpaired) electrons. The van der Waals surface area contributed by atoms with Gasteiger partial charge < -0.3 is 4.74 Å². The summed E-state index contributed by atoms with van der Waals surface area (Å²) in [5.74, 6) is -0.244. The van der Waals surface area contributed by atoms with Gasteiger partial charge in [-0.1, -0.05) is 37.3 Å². The number of hydrogen-bond acceptors (Lipinski definition) is 2. The average molecular weight is 177 g/mol. The summed E-state index contributed by atoms with van der Waals surface area (Å²) in [6, 6.07) is 9.64. The normalized spacial score (nSPS) is 9.62. The lowest BCUT2D eigenvalue weighted by Crippen LogP contribution is -2.04. The molecule has 0 atom stereocenters. The zero-order valence-corrected chi connectivity index (χ0v) is 7.69. The minimum atomic E-state index is -0.244. The molecule has 2 heteroatoms. The second-order valence-corrected chi connectivity index (χ2v) is 2.71. The number of benzene rings is 1. The maximum atomic E-state index is 10.9. The monoisotopic (exact) mass is 177 g/mol. The van der Waals surface area contributed by atoms with Crippen LogP contribution in [-0.4, -0.2) is 5.97 Å². The molecular weight excluding hydrogens is 164 g/mol. The van der Waals surface area contributed by atoms with E-state index in [1.165, 1.54) is 6.42 Å². The molecular formula is C11H13O2. The Labute approximate surface area is 78.5 Å². The second kappa shape index (κ2) is 5.36. The molecule has 2 nitrogen and oxygen atoms in total. The van der Waals surface area contributed by atoms with E-state index < -0.39 is 0 Å². The van der Waals surface area contributed by atoms with E-state index in [4.69, 9.17) is 4.74 Å². The van der Waals surface area contributed by atoms with Crippen LogP contribution in [0.2, 0.25) is 0 Å². The molecule has 0 fully saturated rings. The van der Waals surface area contributed by atoms with E-state index in [2.05, 4.69) is 0 Å². The number of carbonyl (C=O) groups excluding carboxylic acids is 1. The highest BCUT2D eigenvalue weighted by atomic mass is 16.5. The summed E-state index contributed by atoms with van der Waals surface area (Å²) >= 11 is 0. The molecule has 0 N–H and O–H groups in total. The van der Waals surface area contributed by atoms with E-state index >= 15 is 0 Å². The van der Waals surface area contributed by atoms with Crippen LogP contribution in [0, 0.1) is 6.42 Å². The zero-order chi connectivity index (χ0) is 9.52. The third kappa shape index (κ3) is 3.74. The van der Waals surface area contributed by atoms with Gasteiger partial charge in [-0.25, -0.2) is 0 Å². The standard InChI is InChI=1S/C11H13O2/c1-2-6-11(12)13-9-10-7-4-3-5-8-10/h3-8H,2,9H2,1H3. The Morgan fingerprint density at radius 3 is 2.69 bits per heavy atom. The SMILES string of the molecule is CC[CH]C(=O)OCc1ccccc1. The second-order valence-electron chi connectivity index (χ2n) is 2.71. The van der Waals surface area contributed by atoms with E-state index in [1.807, 2.05) is 37.3 Å². The molecule has 0 bridgehead atoms. The Balaban J connectivity index is 2.31. The number of rotatable bonds is 4. The molecule has 0 amide bonds. The average Bonchev–Trinajstić information content (AvgIpc) is 2.17. The van der Waals surface area contributed by atoms with Gasteiger partial charge in [0.1, 0.15) is 6.61 Å². The predicted octanol–water partition coefficient (Wildman–Crippen LogP) is 2.34. The first-order valence-corrected chi connectivity index (χ1v) is 4.37. The number of carbonyl (C=O) groups is 1. The first-order valence-electron chi connectivity index (χ1n) is 4.37. The number of hydrogen-bond donors (Lipinski definition) is 0. The molecule has 0 aliphatic carbocycles. The minimum absolute atomic E-state index is 0.244. The quantitative estimate of drug-likeness (QED) is 0.660. The van der Waals surface area contributed by atoms with E-state index in [-0.39, 0.29) is 5.97 Å². The van der Waals surface area contributed by atoms with Crippen molar-refractivity contribution < 1.29 is 9.53 Å². The molecule has 1 aromatic carbocycles. The van der Waals surface area contributed by atoms with E-state index in [0.29, 0.717) is 13.0 Å². The topological polar surface area (TPSA) is 26.3 Å². The fourth-order valence-electron chi connectivity index (χ4n) is 0.954. The van der Waals surface area contributed by atoms with Crippen molar-refractivity contribution in [3.05, 3.63) is 42.3 Å². The van der Waals surface area contributed by atoms with Gasteiger partial charge in [-0.15, -0.1) is 0 Å². The lowest BCUT2D eigenvalue weighted by atomic mass is 10.2. The molecule has 13 heavy (non-hydrogen) atoms. The summed E-state index contributed by atoms with van der Waals surface area (Å²) in [5, 5.41) is 0. The van der Waals surface area contributed by atoms with Crippen molar-refractivity contribution >= 4 is 5.97 Å². The molecule has 0 saturated heterocycles. The van der Waals surface area contributed by atoms with Crippen molar-refractivity contribution in [1.82, 2.24) is 0 Å². The van der Waals surface area contributed by atoms with E-state index in [0.717, 1.165) is 5.56 Å². The molecule has 0 saturated carbocycles. The van der Waals surface area contributed by atoms with Crippen LogP contribution in [0.4, 0.5) is 0 Å². The van der Waals surface area contributed by atoms with Gasteiger partial charge in [-0.05, 0) is 12.0 Å². The smallest absolute Gasteiger partial charge is 0.310 e. The van der Waals surface area contributed by atoms with Gasteiger partial charge in [0.15, 0.2) is 0 Å². The zero-order valence-electron chi connectivity index (χ0n) is 7.69. The van der Waals surface area contributed by atoms with Crippen LogP contribution >= 0.6 is 0 Å². The minimum Gasteiger partial charge on any atom is -0.461 e. The van der Waals surface area contributed by atoms with Crippen LogP contribution in [0.25, 0.3) is 0 Å². The summed E-state index contributed by atoms with van der Waals surface area (Å²) in [6.07, 6.45) is 2.25. The van der Waals surface area contributed by atoms with Gasteiger partial charge in [0.25, 0.3) is 0 Å². The molecule has 1 rings (SSSR count). The van der Waals surface area contributed by atoms with Crippen molar-refractivity contribution in [2.75, 3.05) is 0 Å². The van der Waals surface area contributed by atoms with Crippen molar-refractivity contribution in [2.24, 2.45) is 0 Å². The molecule has 0 heterocycles. The molecule has 1 aromatic rings. The van der Waals surface area contributed by atoms with Crippen molar-refractivity contribution in [2.45, 2.75) is 20.0 Å². The van der Waals surface area contributed by atoms with Crippen LogP contribution < -0.4 is 0 Å². The molecule has 0 aliphatic rings. The van der Waals surface area contributed by atoms with E-state index in [1.54, 1.807) is 0 Å². The van der Waals surface area contributed by atoms with Crippen LogP contribution in [0.3, 0.4) is 0 Å². The Bertz CT molecular complexity index is 254. The lowest BCUT2D eigenvalue weighted by Gasteiger charge is -2.02. The largest absolute Gasteiger partial charge is 0.461 e. The fourth-order valence-corrected chi connectivity index (χ4v) is 0.954. The lowest BCUT2D eigenvalue weighted by molar-refractivity contribution is -0.140. The van der Waals surface area contributed by atoms with Gasteiger partial charge in [-0.3, -0.25) is 4.79 Å².